The van der Waals surface area contributed by atoms with E-state index in [1.165, 1.54) is 24.6 Å². The first-order chi connectivity index (χ1) is 13.1. The highest BCUT2D eigenvalue weighted by molar-refractivity contribution is 7.92. The molecule has 0 aromatic heterocycles. The number of sulfonamides is 1. The Hall–Kier alpha value is -1.76. The van der Waals surface area contributed by atoms with Crippen LogP contribution in [0.4, 0.5) is 5.69 Å². The number of carbonyl (C=O) groups is 1. The number of amides is 1. The van der Waals surface area contributed by atoms with E-state index in [1.807, 2.05) is 37.3 Å². The van der Waals surface area contributed by atoms with Gasteiger partial charge < -0.3 is 5.32 Å². The summed E-state index contributed by atoms with van der Waals surface area (Å²) in [5, 5.41) is 3.42. The summed E-state index contributed by atoms with van der Waals surface area (Å²) in [6.07, 6.45) is 2.58. The summed E-state index contributed by atoms with van der Waals surface area (Å²) in [4.78, 5) is 12.7. The Labute approximate surface area is 176 Å². The maximum Gasteiger partial charge on any atom is 0.243 e. The van der Waals surface area contributed by atoms with Crippen molar-refractivity contribution in [3.63, 3.8) is 0 Å². The minimum absolute atomic E-state index is 0.119. The molecule has 0 heterocycles. The molecule has 0 aliphatic carbocycles. The number of nitrogens with zero attached hydrogens (tertiary/aromatic N) is 1. The van der Waals surface area contributed by atoms with Gasteiger partial charge in [-0.15, -0.1) is 0 Å². The third-order valence-electron chi connectivity index (χ3n) is 4.33. The molecule has 8 heteroatoms. The van der Waals surface area contributed by atoms with Gasteiger partial charge in [0, 0.05) is 11.1 Å². The zero-order valence-corrected chi connectivity index (χ0v) is 18.4. The van der Waals surface area contributed by atoms with E-state index in [4.69, 9.17) is 23.2 Å². The minimum Gasteiger partial charge on any atom is -0.352 e. The van der Waals surface area contributed by atoms with Gasteiger partial charge in [-0.2, -0.15) is 0 Å². The minimum atomic E-state index is -3.76. The molecule has 1 amide bonds. The Morgan fingerprint density at radius 1 is 1.11 bits per heavy atom. The second-order valence-corrected chi connectivity index (χ2v) is 9.47. The van der Waals surface area contributed by atoms with Crippen molar-refractivity contribution in [1.29, 1.82) is 0 Å². The van der Waals surface area contributed by atoms with Gasteiger partial charge in [0.1, 0.15) is 6.04 Å². The van der Waals surface area contributed by atoms with Crippen LogP contribution in [-0.2, 0) is 21.2 Å². The van der Waals surface area contributed by atoms with Crippen molar-refractivity contribution in [2.24, 2.45) is 0 Å². The molecule has 0 saturated heterocycles. The molecule has 2 aromatic rings. The monoisotopic (exact) mass is 442 g/mol. The van der Waals surface area contributed by atoms with Crippen molar-refractivity contribution in [2.75, 3.05) is 10.6 Å². The molecule has 2 unspecified atom stereocenters. The van der Waals surface area contributed by atoms with Gasteiger partial charge in [0.15, 0.2) is 0 Å². The molecule has 1 N–H and O–H groups in total. The molecule has 0 spiro atoms. The molecule has 2 rings (SSSR count). The molecule has 0 aliphatic rings. The molecule has 2 atom stereocenters. The van der Waals surface area contributed by atoms with Gasteiger partial charge in [0.25, 0.3) is 0 Å². The lowest BCUT2D eigenvalue weighted by atomic mass is 10.1. The van der Waals surface area contributed by atoms with E-state index < -0.39 is 22.0 Å². The third-order valence-corrected chi connectivity index (χ3v) is 6.11. The molecule has 0 bridgehead atoms. The van der Waals surface area contributed by atoms with Gasteiger partial charge in [-0.1, -0.05) is 53.5 Å². The molecule has 5 nitrogen and oxygen atoms in total. The first-order valence-corrected chi connectivity index (χ1v) is 11.5. The smallest absolute Gasteiger partial charge is 0.243 e. The molecule has 0 aliphatic heterocycles. The first-order valence-electron chi connectivity index (χ1n) is 8.88. The van der Waals surface area contributed by atoms with Gasteiger partial charge >= 0.3 is 0 Å². The molecule has 152 valence electrons. The average Bonchev–Trinajstić information content (AvgIpc) is 2.62. The third kappa shape index (κ3) is 6.12. The maximum atomic E-state index is 12.7. The second-order valence-electron chi connectivity index (χ2n) is 6.76. The normalized spacial score (nSPS) is 13.6. The Bertz CT molecular complexity index is 920. The Morgan fingerprint density at radius 2 is 1.75 bits per heavy atom. The fraction of sp³-hybridized carbons (Fsp3) is 0.350. The Balaban J connectivity index is 2.12. The lowest BCUT2D eigenvalue weighted by Crippen LogP contribution is -2.50. The number of aryl methyl sites for hydroxylation is 1. The van der Waals surface area contributed by atoms with Crippen LogP contribution in [0.2, 0.25) is 10.0 Å². The van der Waals surface area contributed by atoms with Crippen molar-refractivity contribution in [3.05, 3.63) is 64.1 Å². The van der Waals surface area contributed by atoms with Crippen molar-refractivity contribution in [2.45, 2.75) is 38.8 Å². The average molecular weight is 443 g/mol. The van der Waals surface area contributed by atoms with Crippen molar-refractivity contribution in [1.82, 2.24) is 5.32 Å². The van der Waals surface area contributed by atoms with Gasteiger partial charge in [-0.3, -0.25) is 9.10 Å². The number of nitrogens with one attached hydrogen (secondary N) is 1. The summed E-state index contributed by atoms with van der Waals surface area (Å²) in [6, 6.07) is 13.4. The van der Waals surface area contributed by atoms with Gasteiger partial charge in [0.05, 0.1) is 17.0 Å². The van der Waals surface area contributed by atoms with Gasteiger partial charge in [-0.05, 0) is 50.5 Å². The van der Waals surface area contributed by atoms with Crippen LogP contribution in [0.3, 0.4) is 0 Å². The highest BCUT2D eigenvalue weighted by atomic mass is 35.5. The van der Waals surface area contributed by atoms with E-state index in [1.54, 1.807) is 6.07 Å². The number of hydrogen-bond donors (Lipinski definition) is 1. The summed E-state index contributed by atoms with van der Waals surface area (Å²) in [7, 11) is -3.76. The van der Waals surface area contributed by atoms with E-state index in [2.05, 4.69) is 5.32 Å². The number of benzene rings is 2. The highest BCUT2D eigenvalue weighted by Crippen LogP contribution is 2.32. The summed E-state index contributed by atoms with van der Waals surface area (Å²) < 4.78 is 25.8. The molecule has 0 radical (unpaired) electrons. The van der Waals surface area contributed by atoms with Crippen LogP contribution in [0.1, 0.15) is 25.8 Å². The van der Waals surface area contributed by atoms with Crippen molar-refractivity contribution in [3.8, 4) is 0 Å². The van der Waals surface area contributed by atoms with E-state index in [0.717, 1.165) is 23.4 Å². The highest BCUT2D eigenvalue weighted by Gasteiger charge is 2.31. The predicted octanol–water partition coefficient (Wildman–Crippen LogP) is 4.29. The number of carbonyl (C=O) groups excluding carboxylic acids is 1. The maximum absolute atomic E-state index is 12.7. The topological polar surface area (TPSA) is 66.5 Å². The van der Waals surface area contributed by atoms with Crippen LogP contribution >= 0.6 is 23.2 Å². The van der Waals surface area contributed by atoms with Crippen LogP contribution in [0.15, 0.2) is 48.5 Å². The van der Waals surface area contributed by atoms with E-state index in [9.17, 15) is 13.2 Å². The Morgan fingerprint density at radius 3 is 2.36 bits per heavy atom. The molecular formula is C20H24Cl2N2O3S. The molecular weight excluding hydrogens is 419 g/mol. The fourth-order valence-electron chi connectivity index (χ4n) is 2.90. The number of anilines is 1. The van der Waals surface area contributed by atoms with E-state index in [0.29, 0.717) is 5.02 Å². The summed E-state index contributed by atoms with van der Waals surface area (Å²) in [6.45, 7) is 3.42. The molecule has 0 fully saturated rings. The summed E-state index contributed by atoms with van der Waals surface area (Å²) in [5.74, 6) is -0.401. The molecule has 0 saturated carbocycles. The molecule has 2 aromatic carbocycles. The molecule has 28 heavy (non-hydrogen) atoms. The van der Waals surface area contributed by atoms with Crippen LogP contribution in [0, 0.1) is 0 Å². The SMILES string of the molecule is CC(CCc1ccccc1)NC(=O)C(C)N(c1cc(Cl)ccc1Cl)S(C)(=O)=O. The number of hydrogen-bond acceptors (Lipinski definition) is 3. The fourth-order valence-corrected chi connectivity index (χ4v) is 4.50. The largest absolute Gasteiger partial charge is 0.352 e. The van der Waals surface area contributed by atoms with E-state index in [-0.39, 0.29) is 16.8 Å². The lowest BCUT2D eigenvalue weighted by Gasteiger charge is -2.30. The number of rotatable bonds is 8. The summed E-state index contributed by atoms with van der Waals surface area (Å²) >= 11 is 12.2. The quantitative estimate of drug-likeness (QED) is 0.662. The first kappa shape index (κ1) is 22.5. The van der Waals surface area contributed by atoms with Crippen LogP contribution < -0.4 is 9.62 Å². The Kier molecular flexibility index (Phi) is 7.75. The standard InChI is InChI=1S/C20H24Cl2N2O3S/c1-14(9-10-16-7-5-4-6-8-16)23-20(25)15(2)24(28(3,26)27)19-13-17(21)11-12-18(19)22/h4-8,11-15H,9-10H2,1-3H3,(H,23,25). The van der Waals surface area contributed by atoms with Gasteiger partial charge in [-0.25, -0.2) is 8.42 Å². The zero-order valence-electron chi connectivity index (χ0n) is 16.0. The van der Waals surface area contributed by atoms with E-state index >= 15 is 0 Å². The second kappa shape index (κ2) is 9.63. The van der Waals surface area contributed by atoms with Gasteiger partial charge in [0.2, 0.25) is 15.9 Å². The zero-order chi connectivity index (χ0) is 20.9. The van der Waals surface area contributed by atoms with Crippen molar-refractivity contribution >= 4 is 44.8 Å². The predicted molar refractivity (Wildman–Crippen MR) is 116 cm³/mol. The lowest BCUT2D eigenvalue weighted by molar-refractivity contribution is -0.122. The van der Waals surface area contributed by atoms with Crippen LogP contribution in [-0.4, -0.2) is 32.7 Å². The summed E-state index contributed by atoms with van der Waals surface area (Å²) in [5.41, 5.74) is 1.36. The van der Waals surface area contributed by atoms with Crippen molar-refractivity contribution < 1.29 is 13.2 Å². The van der Waals surface area contributed by atoms with Crippen LogP contribution in [0.5, 0.6) is 0 Å². The number of halogens is 2. The van der Waals surface area contributed by atoms with Crippen LogP contribution in [0.25, 0.3) is 0 Å².